The second-order valence-corrected chi connectivity index (χ2v) is 11.5. The van der Waals surface area contributed by atoms with E-state index in [9.17, 15) is 4.79 Å². The predicted octanol–water partition coefficient (Wildman–Crippen LogP) is 2.66. The van der Waals surface area contributed by atoms with Crippen LogP contribution in [0, 0.1) is 0 Å². The van der Waals surface area contributed by atoms with Crippen molar-refractivity contribution < 1.29 is 22.7 Å². The van der Waals surface area contributed by atoms with Crippen molar-refractivity contribution in [3.05, 3.63) is 0 Å². The Balaban J connectivity index is 0.00000122. The summed E-state index contributed by atoms with van der Waals surface area (Å²) in [5.41, 5.74) is 0. The fourth-order valence-corrected chi connectivity index (χ4v) is 5.26. The summed E-state index contributed by atoms with van der Waals surface area (Å²) in [6, 6.07) is 2.65. The third kappa shape index (κ3) is 11.8. The van der Waals surface area contributed by atoms with Gasteiger partial charge in [0.25, 0.3) is 0 Å². The van der Waals surface area contributed by atoms with Crippen LogP contribution in [-0.4, -0.2) is 75.0 Å². The Morgan fingerprint density at radius 1 is 0.848 bits per heavy atom. The quantitative estimate of drug-likeness (QED) is 0.274. The summed E-state index contributed by atoms with van der Waals surface area (Å²) in [6.45, 7) is 8.32. The van der Waals surface area contributed by atoms with Crippen LogP contribution in [0.5, 0.6) is 0 Å². The van der Waals surface area contributed by atoms with Crippen LogP contribution in [0.3, 0.4) is 0 Å². The maximum absolute atomic E-state index is 11.7. The van der Waals surface area contributed by atoms with Gasteiger partial charge in [-0.05, 0) is 32.6 Å². The van der Waals surface area contributed by atoms with Crippen molar-refractivity contribution in [2.75, 3.05) is 32.8 Å². The van der Waals surface area contributed by atoms with Gasteiger partial charge < -0.3 is 31.3 Å². The first-order chi connectivity index (χ1) is 16.1. The zero-order chi connectivity index (χ0) is 23.9. The van der Waals surface area contributed by atoms with Gasteiger partial charge >= 0.3 is 39.3 Å². The van der Waals surface area contributed by atoms with E-state index in [4.69, 9.17) is 24.9 Å². The molecule has 3 fully saturated rings. The van der Waals surface area contributed by atoms with Crippen molar-refractivity contribution in [1.82, 2.24) is 26.6 Å². The van der Waals surface area contributed by atoms with Gasteiger partial charge in [-0.25, -0.2) is 0 Å². The van der Waals surface area contributed by atoms with Crippen LogP contribution < -0.4 is 26.6 Å². The Hall–Kier alpha value is 0.369. The average Bonchev–Trinajstić information content (AvgIpc) is 2.83. The van der Waals surface area contributed by atoms with Gasteiger partial charge in [-0.1, -0.05) is 32.6 Å². The summed E-state index contributed by atoms with van der Waals surface area (Å²) >= 11 is 0.00694. The minimum atomic E-state index is -0.118. The van der Waals surface area contributed by atoms with E-state index in [1.165, 1.54) is 51.4 Å². The molecule has 0 spiro atoms. The van der Waals surface area contributed by atoms with Crippen molar-refractivity contribution in [1.29, 1.82) is 0 Å². The van der Waals surface area contributed by atoms with Gasteiger partial charge in [0.2, 0.25) is 0 Å². The molecule has 1 saturated heterocycles. The standard InChI is InChI=1S/C23H45N5O2.2ClH.Mn/c1-3-23(29)30-16-18-15-27-20-9-5-4-8-19(20)24-12-13-25-21-10-6-7-11-22(21)28-17(2)14-26-18;;;/h17-22,24-28H,3-16H2,1-2H3;2*1H;/q;;;+2/p-2/t17-,18-,19-,20-,21-,22-;;;/m1.../s1. The van der Waals surface area contributed by atoms with Crippen LogP contribution in [0.2, 0.25) is 0 Å². The summed E-state index contributed by atoms with van der Waals surface area (Å²) < 4.78 is 5.49. The summed E-state index contributed by atoms with van der Waals surface area (Å²) in [5.74, 6) is -0.118. The predicted molar refractivity (Wildman–Crippen MR) is 133 cm³/mol. The molecule has 7 nitrogen and oxygen atoms in total. The molecular weight excluding hydrogens is 504 g/mol. The van der Waals surface area contributed by atoms with Crippen LogP contribution in [0.1, 0.15) is 71.6 Å². The van der Waals surface area contributed by atoms with Crippen LogP contribution in [0.15, 0.2) is 0 Å². The molecule has 0 aromatic heterocycles. The van der Waals surface area contributed by atoms with E-state index in [1.54, 1.807) is 0 Å². The molecule has 0 radical (unpaired) electrons. The molecular formula is C23H45Cl2MnN5O2. The number of carbonyl (C=O) groups is 1. The van der Waals surface area contributed by atoms with E-state index in [0.29, 0.717) is 43.2 Å². The fourth-order valence-electron chi connectivity index (χ4n) is 5.26. The van der Waals surface area contributed by atoms with Crippen LogP contribution in [0.4, 0.5) is 0 Å². The number of fused-ring (bicyclic) bond motifs is 2. The molecule has 2 aliphatic carbocycles. The summed E-state index contributed by atoms with van der Waals surface area (Å²) in [4.78, 5) is 11.7. The molecule has 10 heteroatoms. The van der Waals surface area contributed by atoms with Gasteiger partial charge in [0.15, 0.2) is 0 Å². The van der Waals surface area contributed by atoms with Crippen molar-refractivity contribution in [2.24, 2.45) is 0 Å². The molecule has 0 aromatic rings. The second-order valence-electron chi connectivity index (χ2n) is 9.57. The first kappa shape index (κ1) is 29.6. The first-order valence-corrected chi connectivity index (χ1v) is 16.0. The van der Waals surface area contributed by atoms with Crippen molar-refractivity contribution in [3.8, 4) is 0 Å². The third-order valence-corrected chi connectivity index (χ3v) is 7.04. The topological polar surface area (TPSA) is 86.5 Å². The van der Waals surface area contributed by atoms with E-state index in [1.807, 2.05) is 6.92 Å². The first-order valence-electron chi connectivity index (χ1n) is 12.8. The number of hydrogen-bond acceptors (Lipinski definition) is 7. The molecule has 6 atom stereocenters. The maximum atomic E-state index is 11.7. The number of nitrogens with one attached hydrogen (secondary N) is 5. The average molecular weight is 549 g/mol. The Labute approximate surface area is 215 Å². The molecule has 5 N–H and O–H groups in total. The zero-order valence-corrected chi connectivity index (χ0v) is 23.0. The summed E-state index contributed by atoms with van der Waals surface area (Å²) in [6.07, 6.45) is 10.7. The van der Waals surface area contributed by atoms with Gasteiger partial charge in [-0.15, -0.1) is 0 Å². The molecule has 195 valence electrons. The third-order valence-electron chi connectivity index (χ3n) is 7.04. The Morgan fingerprint density at radius 3 is 1.94 bits per heavy atom. The molecule has 2 saturated carbocycles. The molecule has 0 bridgehead atoms. The molecule has 33 heavy (non-hydrogen) atoms. The zero-order valence-electron chi connectivity index (χ0n) is 20.3. The normalized spacial score (nSPS) is 34.3. The second kappa shape index (κ2) is 17.7. The van der Waals surface area contributed by atoms with E-state index in [0.717, 1.165) is 26.2 Å². The van der Waals surface area contributed by atoms with Crippen molar-refractivity contribution >= 4 is 26.2 Å². The number of esters is 1. The molecule has 0 unspecified atom stereocenters. The minimum absolute atomic E-state index is 0.00694. The van der Waals surface area contributed by atoms with Crippen LogP contribution in [0.25, 0.3) is 0 Å². The SMILES string of the molecule is CCC(=O)OC[C@H]1CN[C@@H]2CCCC[C@H]2NCCN[C@@H]2CCCC[C@H]2N[C@H](C)CN1.[Cl][Mn][Cl]. The van der Waals surface area contributed by atoms with Crippen LogP contribution >= 0.6 is 20.2 Å². The Bertz CT molecular complexity index is 537. The molecule has 3 rings (SSSR count). The monoisotopic (exact) mass is 548 g/mol. The Morgan fingerprint density at radius 2 is 1.36 bits per heavy atom. The summed E-state index contributed by atoms with van der Waals surface area (Å²) in [7, 11) is 9.59. The number of carbonyl (C=O) groups excluding carboxylic acids is 1. The van der Waals surface area contributed by atoms with Gasteiger partial charge in [-0.3, -0.25) is 4.79 Å². The van der Waals surface area contributed by atoms with E-state index < -0.39 is 0 Å². The van der Waals surface area contributed by atoms with Gasteiger partial charge in [0.1, 0.15) is 6.61 Å². The van der Waals surface area contributed by atoms with E-state index in [2.05, 4.69) is 33.5 Å². The number of hydrogen-bond donors (Lipinski definition) is 5. The summed E-state index contributed by atoms with van der Waals surface area (Å²) in [5, 5.41) is 19.0. The van der Waals surface area contributed by atoms with Crippen molar-refractivity contribution in [2.45, 2.75) is 108 Å². The van der Waals surface area contributed by atoms with E-state index in [-0.39, 0.29) is 25.1 Å². The molecule has 1 aliphatic heterocycles. The van der Waals surface area contributed by atoms with Gasteiger partial charge in [-0.2, -0.15) is 0 Å². The van der Waals surface area contributed by atoms with Crippen molar-refractivity contribution in [3.63, 3.8) is 0 Å². The number of halogens is 2. The number of rotatable bonds is 3. The van der Waals surface area contributed by atoms with Crippen LogP contribution in [-0.2, 0) is 22.7 Å². The van der Waals surface area contributed by atoms with Gasteiger partial charge in [0.05, 0.1) is 6.04 Å². The van der Waals surface area contributed by atoms with E-state index >= 15 is 0 Å². The molecule has 0 amide bonds. The fraction of sp³-hybridized carbons (Fsp3) is 0.957. The number of ether oxygens (including phenoxy) is 1. The molecule has 3 aliphatic rings. The molecule has 1 heterocycles. The molecule has 0 aromatic carbocycles. The van der Waals surface area contributed by atoms with Gasteiger partial charge in [0, 0.05) is 62.8 Å². The Kier molecular flexibility index (Phi) is 15.9.